The van der Waals surface area contributed by atoms with Gasteiger partial charge in [0.15, 0.2) is 0 Å². The molecule has 0 amide bonds. The van der Waals surface area contributed by atoms with Gasteiger partial charge in [-0.25, -0.2) is 0 Å². The zero-order valence-electron chi connectivity index (χ0n) is 12.8. The maximum atomic E-state index is 11.0. The molecule has 3 atom stereocenters. The zero-order valence-corrected chi connectivity index (χ0v) is 14.3. The van der Waals surface area contributed by atoms with Crippen LogP contribution in [0.3, 0.4) is 0 Å². The second-order valence-corrected chi connectivity index (χ2v) is 8.34. The normalized spacial score (nSPS) is 34.2. The van der Waals surface area contributed by atoms with Gasteiger partial charge in [0, 0.05) is 30.6 Å². The van der Waals surface area contributed by atoms with E-state index in [0.29, 0.717) is 10.0 Å². The molecule has 22 heavy (non-hydrogen) atoms. The average molecular weight is 342 g/mol. The van der Waals surface area contributed by atoms with E-state index in [1.807, 2.05) is 12.1 Å². The molecule has 4 rings (SSSR count). The molecular weight excluding hydrogens is 317 g/mol. The lowest BCUT2D eigenvalue weighted by Crippen LogP contribution is -2.48. The standard InChI is InChI=1S/C18H23Cl2NO.H2/c19-15-9-14(10-16(20)11-15)18(22)3-5-21(6-4-18)17-8-12-1-2-13(17)7-12;/h9-13,17,22H,1-8H2;1H/t12-,13-,17?;/m0./s1. The van der Waals surface area contributed by atoms with E-state index in [0.717, 1.165) is 49.4 Å². The average Bonchev–Trinajstić information content (AvgIpc) is 3.10. The molecule has 2 aliphatic carbocycles. The van der Waals surface area contributed by atoms with Crippen molar-refractivity contribution in [2.45, 2.75) is 50.2 Å². The molecular formula is C18H25Cl2NO. The summed E-state index contributed by atoms with van der Waals surface area (Å²) < 4.78 is 0. The molecule has 1 N–H and O–H groups in total. The van der Waals surface area contributed by atoms with Gasteiger partial charge in [0.1, 0.15) is 0 Å². The first-order chi connectivity index (χ1) is 10.5. The third-order valence-corrected chi connectivity index (χ3v) is 6.63. The Morgan fingerprint density at radius 1 is 1.05 bits per heavy atom. The molecule has 4 heteroatoms. The molecule has 0 aromatic heterocycles. The Morgan fingerprint density at radius 3 is 2.27 bits per heavy atom. The minimum absolute atomic E-state index is 0. The van der Waals surface area contributed by atoms with Crippen molar-refractivity contribution in [1.29, 1.82) is 0 Å². The van der Waals surface area contributed by atoms with E-state index in [-0.39, 0.29) is 1.43 Å². The fourth-order valence-corrected chi connectivity index (χ4v) is 5.52. The summed E-state index contributed by atoms with van der Waals surface area (Å²) >= 11 is 12.2. The van der Waals surface area contributed by atoms with Crippen LogP contribution in [0, 0.1) is 11.8 Å². The molecule has 2 bridgehead atoms. The second-order valence-electron chi connectivity index (χ2n) is 7.47. The van der Waals surface area contributed by atoms with Crippen molar-refractivity contribution in [1.82, 2.24) is 4.90 Å². The van der Waals surface area contributed by atoms with Gasteiger partial charge in [0.25, 0.3) is 0 Å². The number of likely N-dealkylation sites (tertiary alicyclic amines) is 1. The van der Waals surface area contributed by atoms with E-state index in [1.165, 1.54) is 25.7 Å². The molecule has 1 heterocycles. The minimum atomic E-state index is -0.775. The number of nitrogens with zero attached hydrogens (tertiary/aromatic N) is 1. The van der Waals surface area contributed by atoms with Crippen molar-refractivity contribution < 1.29 is 6.53 Å². The summed E-state index contributed by atoms with van der Waals surface area (Å²) in [6, 6.07) is 6.22. The van der Waals surface area contributed by atoms with Gasteiger partial charge in [-0.05, 0) is 67.7 Å². The highest BCUT2D eigenvalue weighted by Gasteiger charge is 2.44. The summed E-state index contributed by atoms with van der Waals surface area (Å²) in [7, 11) is 0. The summed E-state index contributed by atoms with van der Waals surface area (Å²) in [4.78, 5) is 2.63. The van der Waals surface area contributed by atoms with Crippen molar-refractivity contribution in [3.05, 3.63) is 33.8 Å². The van der Waals surface area contributed by atoms with Crippen LogP contribution in [0.2, 0.25) is 10.0 Å². The highest BCUT2D eigenvalue weighted by atomic mass is 35.5. The predicted molar refractivity (Wildman–Crippen MR) is 92.5 cm³/mol. The fourth-order valence-electron chi connectivity index (χ4n) is 5.00. The summed E-state index contributed by atoms with van der Waals surface area (Å²) in [5.41, 5.74) is 0.0976. The van der Waals surface area contributed by atoms with Gasteiger partial charge in [0.2, 0.25) is 0 Å². The van der Waals surface area contributed by atoms with Crippen LogP contribution < -0.4 is 0 Å². The SMILES string of the molecule is OC1(c2cc(Cl)cc(Cl)c2)CCN(C2C[C@H]3CC[C@H]2C3)CC1.[HH]. The first-order valence-electron chi connectivity index (χ1n) is 8.46. The van der Waals surface area contributed by atoms with Gasteiger partial charge in [0.05, 0.1) is 5.60 Å². The molecule has 2 nitrogen and oxygen atoms in total. The number of benzene rings is 1. The first kappa shape index (κ1) is 15.3. The van der Waals surface area contributed by atoms with Crippen LogP contribution >= 0.6 is 23.2 Å². The Bertz CT molecular complexity index is 554. The summed E-state index contributed by atoms with van der Waals surface area (Å²) in [5.74, 6) is 1.89. The number of rotatable bonds is 2. The van der Waals surface area contributed by atoms with Crippen LogP contribution in [-0.2, 0) is 5.60 Å². The molecule has 0 radical (unpaired) electrons. The summed E-state index contributed by atoms with van der Waals surface area (Å²) in [5, 5.41) is 12.2. The van der Waals surface area contributed by atoms with Crippen LogP contribution in [0.5, 0.6) is 0 Å². The third kappa shape index (κ3) is 2.69. The quantitative estimate of drug-likeness (QED) is 0.841. The molecule has 122 valence electrons. The van der Waals surface area contributed by atoms with E-state index in [4.69, 9.17) is 23.2 Å². The molecule has 3 fully saturated rings. The van der Waals surface area contributed by atoms with Gasteiger partial charge in [-0.1, -0.05) is 29.6 Å². The van der Waals surface area contributed by atoms with Crippen LogP contribution in [-0.4, -0.2) is 29.1 Å². The molecule has 1 aliphatic heterocycles. The maximum Gasteiger partial charge on any atom is 0.0922 e. The van der Waals surface area contributed by atoms with E-state index >= 15 is 0 Å². The zero-order chi connectivity index (χ0) is 15.3. The van der Waals surface area contributed by atoms with Crippen molar-refractivity contribution in [3.8, 4) is 0 Å². The van der Waals surface area contributed by atoms with Gasteiger partial charge >= 0.3 is 0 Å². The van der Waals surface area contributed by atoms with E-state index in [2.05, 4.69) is 4.90 Å². The Balaban J connectivity index is 0.00000156. The first-order valence-corrected chi connectivity index (χ1v) is 9.22. The van der Waals surface area contributed by atoms with E-state index < -0.39 is 5.60 Å². The lowest BCUT2D eigenvalue weighted by Gasteiger charge is -2.43. The van der Waals surface area contributed by atoms with Crippen LogP contribution in [0.25, 0.3) is 0 Å². The van der Waals surface area contributed by atoms with Crippen molar-refractivity contribution >= 4 is 23.2 Å². The summed E-state index contributed by atoms with van der Waals surface area (Å²) in [6.07, 6.45) is 7.23. The lowest BCUT2D eigenvalue weighted by molar-refractivity contribution is -0.0413. The van der Waals surface area contributed by atoms with Gasteiger partial charge in [-0.2, -0.15) is 0 Å². The topological polar surface area (TPSA) is 23.5 Å². The highest BCUT2D eigenvalue weighted by molar-refractivity contribution is 6.34. The molecule has 3 aliphatic rings. The molecule has 2 saturated carbocycles. The Morgan fingerprint density at radius 2 is 1.73 bits per heavy atom. The second kappa shape index (κ2) is 5.66. The number of fused-ring (bicyclic) bond motifs is 2. The summed E-state index contributed by atoms with van der Waals surface area (Å²) in [6.45, 7) is 1.96. The largest absolute Gasteiger partial charge is 0.385 e. The number of halogens is 2. The molecule has 1 saturated heterocycles. The predicted octanol–water partition coefficient (Wildman–Crippen LogP) is 4.71. The highest BCUT2D eigenvalue weighted by Crippen LogP contribution is 2.48. The van der Waals surface area contributed by atoms with Crippen LogP contribution in [0.1, 0.15) is 45.5 Å². The van der Waals surface area contributed by atoms with Gasteiger partial charge in [-0.15, -0.1) is 0 Å². The van der Waals surface area contributed by atoms with Crippen LogP contribution in [0.4, 0.5) is 0 Å². The van der Waals surface area contributed by atoms with Crippen molar-refractivity contribution in [2.75, 3.05) is 13.1 Å². The van der Waals surface area contributed by atoms with Gasteiger partial charge in [-0.3, -0.25) is 4.90 Å². The van der Waals surface area contributed by atoms with Gasteiger partial charge < -0.3 is 5.11 Å². The lowest BCUT2D eigenvalue weighted by atomic mass is 9.83. The van der Waals surface area contributed by atoms with E-state index in [9.17, 15) is 5.11 Å². The fraction of sp³-hybridized carbons (Fsp3) is 0.667. The Hall–Kier alpha value is -0.280. The molecule has 1 aromatic rings. The van der Waals surface area contributed by atoms with Crippen molar-refractivity contribution in [3.63, 3.8) is 0 Å². The Kier molecular flexibility index (Phi) is 3.93. The molecule has 1 aromatic carbocycles. The molecule has 0 spiro atoms. The van der Waals surface area contributed by atoms with E-state index in [1.54, 1.807) is 6.07 Å². The number of piperidine rings is 1. The van der Waals surface area contributed by atoms with Crippen LogP contribution in [0.15, 0.2) is 18.2 Å². The number of hydrogen-bond donors (Lipinski definition) is 1. The minimum Gasteiger partial charge on any atom is -0.385 e. The number of aliphatic hydroxyl groups is 1. The number of hydrogen-bond acceptors (Lipinski definition) is 2. The smallest absolute Gasteiger partial charge is 0.0922 e. The molecule has 1 unspecified atom stereocenters. The monoisotopic (exact) mass is 341 g/mol. The maximum absolute atomic E-state index is 11.0. The third-order valence-electron chi connectivity index (χ3n) is 6.19. The van der Waals surface area contributed by atoms with Crippen molar-refractivity contribution in [2.24, 2.45) is 11.8 Å². The Labute approximate surface area is 143 Å².